The molecular formula is C14H18Cl2Zr. The maximum atomic E-state index is 3.28. The van der Waals surface area contributed by atoms with Crippen molar-refractivity contribution in [3.63, 3.8) is 0 Å². The number of halogens is 2. The van der Waals surface area contributed by atoms with Gasteiger partial charge in [0.25, 0.3) is 0 Å². The Bertz CT molecular complexity index is 279. The van der Waals surface area contributed by atoms with Crippen molar-refractivity contribution in [3.8, 4) is 0 Å². The van der Waals surface area contributed by atoms with Gasteiger partial charge in [-0.15, -0.1) is 12.8 Å². The first-order valence-electron chi connectivity index (χ1n) is 5.33. The molecule has 2 aliphatic carbocycles. The van der Waals surface area contributed by atoms with Crippen LogP contribution in [0.4, 0.5) is 0 Å². The Morgan fingerprint density at radius 3 is 2.24 bits per heavy atom. The minimum atomic E-state index is 0. The first-order valence-corrected chi connectivity index (χ1v) is 5.33. The molecule has 2 aliphatic rings. The van der Waals surface area contributed by atoms with Gasteiger partial charge in [-0.25, -0.2) is 17.7 Å². The average molecular weight is 348 g/mol. The van der Waals surface area contributed by atoms with Crippen LogP contribution in [0.1, 0.15) is 39.5 Å². The second-order valence-electron chi connectivity index (χ2n) is 3.49. The van der Waals surface area contributed by atoms with Crippen LogP contribution in [0, 0.1) is 12.2 Å². The average Bonchev–Trinajstić information content (AvgIpc) is 2.81. The first kappa shape index (κ1) is 22.6. The van der Waals surface area contributed by atoms with E-state index in [1.807, 2.05) is 12.2 Å². The molecule has 0 heterocycles. The zero-order valence-corrected chi connectivity index (χ0v) is 14.4. The van der Waals surface area contributed by atoms with E-state index in [1.165, 1.54) is 24.0 Å². The summed E-state index contributed by atoms with van der Waals surface area (Å²) in [6.07, 6.45) is 19.1. The quantitative estimate of drug-likeness (QED) is 0.516. The Kier molecular flexibility index (Phi) is 19.2. The predicted molar refractivity (Wildman–Crippen MR) is 61.6 cm³/mol. The summed E-state index contributed by atoms with van der Waals surface area (Å²) in [5.41, 5.74) is 2.88. The molecule has 0 saturated heterocycles. The van der Waals surface area contributed by atoms with Gasteiger partial charge in [0.2, 0.25) is 0 Å². The Balaban J connectivity index is -0.000000216. The summed E-state index contributed by atoms with van der Waals surface area (Å²) in [6.45, 7) is 4.36. The summed E-state index contributed by atoms with van der Waals surface area (Å²) in [5.74, 6) is 0. The van der Waals surface area contributed by atoms with Gasteiger partial charge >= 0.3 is 26.2 Å². The van der Waals surface area contributed by atoms with Crippen molar-refractivity contribution in [2.24, 2.45) is 0 Å². The van der Waals surface area contributed by atoms with E-state index < -0.39 is 0 Å². The van der Waals surface area contributed by atoms with Crippen LogP contribution in [0.2, 0.25) is 0 Å². The van der Waals surface area contributed by atoms with Gasteiger partial charge in [-0.05, 0) is 0 Å². The third-order valence-electron chi connectivity index (χ3n) is 2.30. The van der Waals surface area contributed by atoms with Crippen LogP contribution in [0.3, 0.4) is 0 Å². The molecule has 92 valence electrons. The van der Waals surface area contributed by atoms with Gasteiger partial charge in [-0.1, -0.05) is 26.7 Å². The number of rotatable bonds is 2. The van der Waals surface area contributed by atoms with E-state index in [0.717, 1.165) is 12.8 Å². The Hall–Kier alpha value is 0.423. The smallest absolute Gasteiger partial charge is 1.00 e. The van der Waals surface area contributed by atoms with Crippen molar-refractivity contribution in [1.29, 1.82) is 0 Å². The van der Waals surface area contributed by atoms with Crippen LogP contribution in [0.15, 0.2) is 35.5 Å². The maximum absolute atomic E-state index is 3.28. The molecule has 0 bridgehead atoms. The normalized spacial score (nSPS) is 14.5. The van der Waals surface area contributed by atoms with E-state index in [4.69, 9.17) is 0 Å². The molecule has 0 unspecified atom stereocenters. The fraction of sp³-hybridized carbons (Fsp3) is 0.429. The summed E-state index contributed by atoms with van der Waals surface area (Å²) >= 11 is 0. The monoisotopic (exact) mass is 346 g/mol. The summed E-state index contributed by atoms with van der Waals surface area (Å²) in [7, 11) is 0. The molecule has 17 heavy (non-hydrogen) atoms. The molecule has 0 spiro atoms. The van der Waals surface area contributed by atoms with E-state index >= 15 is 0 Å². The van der Waals surface area contributed by atoms with Crippen molar-refractivity contribution in [1.82, 2.24) is 0 Å². The Morgan fingerprint density at radius 2 is 1.94 bits per heavy atom. The number of allylic oxidation sites excluding steroid dienone is 8. The van der Waals surface area contributed by atoms with Gasteiger partial charge in [-0.3, -0.25) is 12.2 Å². The van der Waals surface area contributed by atoms with Gasteiger partial charge in [0, 0.05) is 0 Å². The minimum Gasteiger partial charge on any atom is -1.00 e. The van der Waals surface area contributed by atoms with Gasteiger partial charge in [0.05, 0.1) is 0 Å². The fourth-order valence-electron chi connectivity index (χ4n) is 1.49. The standard InChI is InChI=1S/C9H13.C5H5.2ClH.Zr/c1-3-5-9-7-4-6-8(9)2;1-2-4-5-3-1;;;/h7H,3-5H2,1-2H3;1-3H,4H2;2*1H;/q2*-1;;;+4/p-2. The molecule has 0 fully saturated rings. The SMILES string of the molecule is CCCC1=CC[C-]=C1C.[C-]1=CC=CC1.[Cl-].[Cl-].[Zr+4]. The second-order valence-corrected chi connectivity index (χ2v) is 3.49. The van der Waals surface area contributed by atoms with Crippen LogP contribution >= 0.6 is 0 Å². The van der Waals surface area contributed by atoms with Gasteiger partial charge in [0.1, 0.15) is 0 Å². The van der Waals surface area contributed by atoms with Crippen molar-refractivity contribution < 1.29 is 51.0 Å². The van der Waals surface area contributed by atoms with Crippen LogP contribution in [0.25, 0.3) is 0 Å². The molecule has 0 amide bonds. The number of hydrogen-bond acceptors (Lipinski definition) is 0. The topological polar surface area (TPSA) is 0 Å². The molecule has 2 rings (SSSR count). The molecule has 0 saturated carbocycles. The molecule has 0 radical (unpaired) electrons. The van der Waals surface area contributed by atoms with Crippen molar-refractivity contribution in [2.75, 3.05) is 0 Å². The zero-order valence-electron chi connectivity index (χ0n) is 10.4. The third-order valence-corrected chi connectivity index (χ3v) is 2.30. The van der Waals surface area contributed by atoms with Crippen molar-refractivity contribution in [2.45, 2.75) is 39.5 Å². The Labute approximate surface area is 137 Å². The summed E-state index contributed by atoms with van der Waals surface area (Å²) in [5, 5.41) is 0. The van der Waals surface area contributed by atoms with Crippen LogP contribution in [-0.2, 0) is 26.2 Å². The van der Waals surface area contributed by atoms with E-state index in [0.29, 0.717) is 0 Å². The van der Waals surface area contributed by atoms with E-state index in [2.05, 4.69) is 38.2 Å². The van der Waals surface area contributed by atoms with Crippen molar-refractivity contribution >= 4 is 0 Å². The number of hydrogen-bond donors (Lipinski definition) is 0. The van der Waals surface area contributed by atoms with Crippen LogP contribution in [-0.4, -0.2) is 0 Å². The van der Waals surface area contributed by atoms with Crippen LogP contribution in [0.5, 0.6) is 0 Å². The largest absolute Gasteiger partial charge is 4.00 e. The summed E-state index contributed by atoms with van der Waals surface area (Å²) < 4.78 is 0. The summed E-state index contributed by atoms with van der Waals surface area (Å²) in [6, 6.07) is 0. The van der Waals surface area contributed by atoms with E-state index in [9.17, 15) is 0 Å². The second kappa shape index (κ2) is 14.5. The van der Waals surface area contributed by atoms with Gasteiger partial charge < -0.3 is 24.8 Å². The predicted octanol–water partition coefficient (Wildman–Crippen LogP) is -1.82. The summed E-state index contributed by atoms with van der Waals surface area (Å²) in [4.78, 5) is 0. The van der Waals surface area contributed by atoms with E-state index in [1.54, 1.807) is 0 Å². The van der Waals surface area contributed by atoms with Crippen molar-refractivity contribution in [3.05, 3.63) is 47.6 Å². The molecule has 0 aliphatic heterocycles. The van der Waals surface area contributed by atoms with E-state index in [-0.39, 0.29) is 51.0 Å². The van der Waals surface area contributed by atoms with Crippen LogP contribution < -0.4 is 24.8 Å². The zero-order chi connectivity index (χ0) is 10.2. The maximum Gasteiger partial charge on any atom is 4.00 e. The van der Waals surface area contributed by atoms with Gasteiger partial charge in [0.15, 0.2) is 0 Å². The molecule has 3 heteroatoms. The molecule has 0 nitrogen and oxygen atoms in total. The molecule has 0 aromatic rings. The molecule has 0 aromatic carbocycles. The molecule has 0 N–H and O–H groups in total. The van der Waals surface area contributed by atoms with Gasteiger partial charge in [-0.2, -0.15) is 17.7 Å². The third kappa shape index (κ3) is 10.1. The molecular weight excluding hydrogens is 330 g/mol. The fourth-order valence-corrected chi connectivity index (χ4v) is 1.49. The molecule has 0 atom stereocenters. The minimum absolute atomic E-state index is 0. The Morgan fingerprint density at radius 1 is 1.24 bits per heavy atom. The first-order chi connectivity index (χ1) is 6.84. The molecule has 0 aromatic heterocycles.